The number of carbonyl (C=O) groups is 2. The van der Waals surface area contributed by atoms with Crippen LogP contribution in [-0.2, 0) is 14.3 Å². The van der Waals surface area contributed by atoms with E-state index in [9.17, 15) is 14.7 Å². The predicted octanol–water partition coefficient (Wildman–Crippen LogP) is 5.96. The second-order valence-electron chi connectivity index (χ2n) is 9.54. The van der Waals surface area contributed by atoms with E-state index in [2.05, 4.69) is 12.2 Å². The third kappa shape index (κ3) is 10.7. The minimum absolute atomic E-state index is 0.0661. The molecule has 0 spiro atoms. The first-order chi connectivity index (χ1) is 16.4. The van der Waals surface area contributed by atoms with Crippen LogP contribution < -0.4 is 10.1 Å². The fraction of sp³-hybridized carbons (Fsp3) is 0.643. The molecule has 6 heteroatoms. The fourth-order valence-electron chi connectivity index (χ4n) is 4.54. The lowest BCUT2D eigenvalue weighted by atomic mass is 9.93. The van der Waals surface area contributed by atoms with Crippen LogP contribution in [0.4, 0.5) is 0 Å². The van der Waals surface area contributed by atoms with Gasteiger partial charge in [-0.15, -0.1) is 0 Å². The Kier molecular flexibility index (Phi) is 12.8. The Morgan fingerprint density at radius 1 is 1.06 bits per heavy atom. The van der Waals surface area contributed by atoms with Crippen LogP contribution in [0.25, 0.3) is 6.08 Å². The molecule has 190 valence electrons. The maximum Gasteiger partial charge on any atom is 0.331 e. The van der Waals surface area contributed by atoms with Crippen LogP contribution in [0.3, 0.4) is 0 Å². The average Bonchev–Trinajstić information content (AvgIpc) is 2.81. The Morgan fingerprint density at radius 3 is 2.38 bits per heavy atom. The number of carbonyl (C=O) groups excluding carboxylic acids is 2. The number of phenols is 1. The Morgan fingerprint density at radius 2 is 1.74 bits per heavy atom. The topological polar surface area (TPSA) is 84.9 Å². The maximum absolute atomic E-state index is 12.3. The lowest BCUT2D eigenvalue weighted by Gasteiger charge is -2.35. The van der Waals surface area contributed by atoms with Gasteiger partial charge >= 0.3 is 5.97 Å². The molecule has 1 aromatic rings. The quantitative estimate of drug-likeness (QED) is 0.186. The Bertz CT molecular complexity index is 791. The predicted molar refractivity (Wildman–Crippen MR) is 136 cm³/mol. The highest BCUT2D eigenvalue weighted by molar-refractivity contribution is 5.87. The van der Waals surface area contributed by atoms with Crippen LogP contribution in [0.15, 0.2) is 24.3 Å². The molecular formula is C28H43NO5. The van der Waals surface area contributed by atoms with E-state index in [-0.39, 0.29) is 23.9 Å². The number of Topliss-reactive ketones (excluding diaryl/α,β-unsaturated/α-hetero) is 1. The first-order valence-corrected chi connectivity index (χ1v) is 12.9. The van der Waals surface area contributed by atoms with E-state index in [0.29, 0.717) is 17.6 Å². The van der Waals surface area contributed by atoms with Gasteiger partial charge in [0.1, 0.15) is 11.9 Å². The summed E-state index contributed by atoms with van der Waals surface area (Å²) in [6.45, 7) is 3.76. The van der Waals surface area contributed by atoms with Crippen molar-refractivity contribution in [1.29, 1.82) is 0 Å². The molecule has 1 aliphatic rings. The molecule has 1 unspecified atom stereocenters. The zero-order chi connectivity index (χ0) is 24.8. The number of hydrogen-bond donors (Lipinski definition) is 2. The van der Waals surface area contributed by atoms with Gasteiger partial charge < -0.3 is 24.7 Å². The Labute approximate surface area is 205 Å². The molecular weight excluding hydrogens is 430 g/mol. The molecule has 6 nitrogen and oxygen atoms in total. The molecule has 2 N–H and O–H groups in total. The number of ether oxygens (including phenoxy) is 2. The minimum Gasteiger partial charge on any atom is -0.504 e. The fourth-order valence-corrected chi connectivity index (χ4v) is 4.54. The zero-order valence-corrected chi connectivity index (χ0v) is 21.2. The summed E-state index contributed by atoms with van der Waals surface area (Å²) in [5.41, 5.74) is 0.759. The van der Waals surface area contributed by atoms with Crippen molar-refractivity contribution in [2.45, 2.75) is 109 Å². The van der Waals surface area contributed by atoms with E-state index in [1.165, 1.54) is 70.6 Å². The second-order valence-corrected chi connectivity index (χ2v) is 9.54. The normalized spacial score (nSPS) is 20.4. The molecule has 1 aromatic carbocycles. The van der Waals surface area contributed by atoms with Gasteiger partial charge in [-0.05, 0) is 63.3 Å². The van der Waals surface area contributed by atoms with Gasteiger partial charge in [-0.3, -0.25) is 0 Å². The average molecular weight is 474 g/mol. The van der Waals surface area contributed by atoms with Crippen molar-refractivity contribution >= 4 is 17.8 Å². The summed E-state index contributed by atoms with van der Waals surface area (Å²) in [5.74, 6) is 0.383. The van der Waals surface area contributed by atoms with Crippen molar-refractivity contribution < 1.29 is 24.2 Å². The number of phenolic OH excluding ortho intramolecular Hbond substituents is 1. The summed E-state index contributed by atoms with van der Waals surface area (Å²) in [6, 6.07) is 5.56. The molecule has 3 atom stereocenters. The number of piperidine rings is 1. The zero-order valence-electron chi connectivity index (χ0n) is 21.2. The summed E-state index contributed by atoms with van der Waals surface area (Å²) in [4.78, 5) is 23.2. The Hall–Kier alpha value is -2.34. The number of nitrogens with one attached hydrogen (secondary N) is 1. The number of benzene rings is 1. The van der Waals surface area contributed by atoms with Gasteiger partial charge in [-0.1, -0.05) is 51.0 Å². The van der Waals surface area contributed by atoms with E-state index < -0.39 is 0 Å². The molecule has 1 aliphatic heterocycles. The highest BCUT2D eigenvalue weighted by atomic mass is 16.5. The van der Waals surface area contributed by atoms with Gasteiger partial charge in [0.05, 0.1) is 7.11 Å². The summed E-state index contributed by atoms with van der Waals surface area (Å²) < 4.78 is 10.8. The number of unbranched alkanes of at least 4 members (excludes halogenated alkanes) is 7. The number of ketones is 1. The van der Waals surface area contributed by atoms with Crippen molar-refractivity contribution in [3.05, 3.63) is 29.8 Å². The molecule has 1 saturated heterocycles. The van der Waals surface area contributed by atoms with Crippen molar-refractivity contribution in [2.75, 3.05) is 7.11 Å². The van der Waals surface area contributed by atoms with E-state index >= 15 is 0 Å². The summed E-state index contributed by atoms with van der Waals surface area (Å²) in [5, 5.41) is 13.3. The van der Waals surface area contributed by atoms with Crippen LogP contribution in [0.5, 0.6) is 11.5 Å². The third-order valence-corrected chi connectivity index (χ3v) is 6.57. The molecule has 1 fully saturated rings. The van der Waals surface area contributed by atoms with Crippen LogP contribution in [-0.4, -0.2) is 42.2 Å². The number of aromatic hydroxyl groups is 1. The van der Waals surface area contributed by atoms with Crippen molar-refractivity contribution in [2.24, 2.45) is 0 Å². The number of esters is 1. The first-order valence-electron chi connectivity index (χ1n) is 12.9. The molecule has 0 radical (unpaired) electrons. The highest BCUT2D eigenvalue weighted by Gasteiger charge is 2.28. The lowest BCUT2D eigenvalue weighted by molar-refractivity contribution is -0.145. The van der Waals surface area contributed by atoms with Crippen molar-refractivity contribution in [3.8, 4) is 11.5 Å². The minimum atomic E-state index is -0.356. The first kappa shape index (κ1) is 27.9. The summed E-state index contributed by atoms with van der Waals surface area (Å²) >= 11 is 0. The van der Waals surface area contributed by atoms with Crippen LogP contribution in [0, 0.1) is 0 Å². The van der Waals surface area contributed by atoms with E-state index in [4.69, 9.17) is 9.47 Å². The van der Waals surface area contributed by atoms with Gasteiger partial charge in [0.15, 0.2) is 11.5 Å². The van der Waals surface area contributed by atoms with Crippen LogP contribution in [0.2, 0.25) is 0 Å². The molecule has 0 bridgehead atoms. The standard InChI is InChI=1S/C28H43NO5/c1-21(30)12-10-8-6-4-5-7-9-11-13-24-16-18-26(22(2)29-24)34-28(32)19-15-23-14-17-25(31)27(20-23)33-3/h14-15,17,19-20,22,24,26,29,31H,4-13,16,18H2,1-3H3/b19-15+/t22-,24+,26?/m1/s1. The van der Waals surface area contributed by atoms with Gasteiger partial charge in [0.25, 0.3) is 0 Å². The van der Waals surface area contributed by atoms with Crippen LogP contribution >= 0.6 is 0 Å². The molecule has 0 aromatic heterocycles. The number of methoxy groups -OCH3 is 1. The van der Waals surface area contributed by atoms with Gasteiger partial charge in [-0.25, -0.2) is 4.79 Å². The number of hydrogen-bond acceptors (Lipinski definition) is 6. The third-order valence-electron chi connectivity index (χ3n) is 6.57. The molecule has 1 heterocycles. The molecule has 34 heavy (non-hydrogen) atoms. The second kappa shape index (κ2) is 15.5. The summed E-state index contributed by atoms with van der Waals surface area (Å²) in [7, 11) is 1.49. The van der Waals surface area contributed by atoms with Crippen molar-refractivity contribution in [1.82, 2.24) is 5.32 Å². The largest absolute Gasteiger partial charge is 0.504 e. The van der Waals surface area contributed by atoms with E-state index in [1.54, 1.807) is 25.1 Å². The van der Waals surface area contributed by atoms with Gasteiger partial charge in [0, 0.05) is 24.6 Å². The Balaban J connectivity index is 1.58. The highest BCUT2D eigenvalue weighted by Crippen LogP contribution is 2.27. The molecule has 0 amide bonds. The van der Waals surface area contributed by atoms with Gasteiger partial charge in [0.2, 0.25) is 0 Å². The van der Waals surface area contributed by atoms with E-state index in [1.807, 2.05) is 0 Å². The molecule has 0 aliphatic carbocycles. The SMILES string of the molecule is COc1cc(/C=C/C(=O)OC2CC[C@H](CCCCCCCCCCC(C)=O)N[C@@H]2C)ccc1O. The smallest absolute Gasteiger partial charge is 0.331 e. The maximum atomic E-state index is 12.3. The van der Waals surface area contributed by atoms with Crippen molar-refractivity contribution in [3.63, 3.8) is 0 Å². The van der Waals surface area contributed by atoms with Crippen LogP contribution in [0.1, 0.15) is 96.5 Å². The van der Waals surface area contributed by atoms with E-state index in [0.717, 1.165) is 31.2 Å². The lowest BCUT2D eigenvalue weighted by Crippen LogP contribution is -2.50. The monoisotopic (exact) mass is 473 g/mol. The molecule has 0 saturated carbocycles. The number of rotatable bonds is 15. The summed E-state index contributed by atoms with van der Waals surface area (Å²) in [6.07, 6.45) is 16.6. The van der Waals surface area contributed by atoms with Gasteiger partial charge in [-0.2, -0.15) is 0 Å². The molecule has 2 rings (SSSR count).